The molecule has 0 amide bonds. The monoisotopic (exact) mass is 244 g/mol. The Morgan fingerprint density at radius 2 is 2.00 bits per heavy atom. The van der Waals surface area contributed by atoms with Gasteiger partial charge >= 0.3 is 0 Å². The van der Waals surface area contributed by atoms with E-state index in [4.69, 9.17) is 0 Å². The van der Waals surface area contributed by atoms with E-state index in [1.54, 1.807) is 12.1 Å². The van der Waals surface area contributed by atoms with Crippen LogP contribution in [0.3, 0.4) is 0 Å². The van der Waals surface area contributed by atoms with Crippen LogP contribution in [0.25, 0.3) is 0 Å². The van der Waals surface area contributed by atoms with Crippen molar-refractivity contribution >= 4 is 0 Å². The summed E-state index contributed by atoms with van der Waals surface area (Å²) < 4.78 is 13.3. The number of nitrogens with one attached hydrogen (secondary N) is 1. The highest BCUT2D eigenvalue weighted by atomic mass is 19.1. The SMILES string of the molecule is CNC(c1cccc(F)c1)c1ncc(C)cc1C. The Hall–Kier alpha value is -1.74. The maximum absolute atomic E-state index is 13.3. The molecule has 2 rings (SSSR count). The van der Waals surface area contributed by atoms with Crippen LogP contribution in [0.1, 0.15) is 28.4 Å². The van der Waals surface area contributed by atoms with E-state index in [0.29, 0.717) is 0 Å². The van der Waals surface area contributed by atoms with Gasteiger partial charge in [0.2, 0.25) is 0 Å². The fourth-order valence-corrected chi connectivity index (χ4v) is 2.18. The molecule has 2 aromatic rings. The van der Waals surface area contributed by atoms with Crippen molar-refractivity contribution in [2.45, 2.75) is 19.9 Å². The second-order valence-corrected chi connectivity index (χ2v) is 4.49. The lowest BCUT2D eigenvalue weighted by molar-refractivity contribution is 0.613. The first-order chi connectivity index (χ1) is 8.61. The van der Waals surface area contributed by atoms with Crippen molar-refractivity contribution in [1.82, 2.24) is 10.3 Å². The van der Waals surface area contributed by atoms with Gasteiger partial charge in [0.05, 0.1) is 11.7 Å². The first kappa shape index (κ1) is 12.7. The third-order valence-corrected chi connectivity index (χ3v) is 3.00. The summed E-state index contributed by atoms with van der Waals surface area (Å²) in [6.07, 6.45) is 1.84. The van der Waals surface area contributed by atoms with Crippen LogP contribution in [0.15, 0.2) is 36.5 Å². The van der Waals surface area contributed by atoms with E-state index in [1.165, 1.54) is 6.07 Å². The van der Waals surface area contributed by atoms with Crippen molar-refractivity contribution in [3.63, 3.8) is 0 Å². The Bertz CT molecular complexity index is 552. The Kier molecular flexibility index (Phi) is 3.72. The number of halogens is 1. The molecule has 0 saturated heterocycles. The number of hydrogen-bond acceptors (Lipinski definition) is 2. The van der Waals surface area contributed by atoms with Gasteiger partial charge in [-0.25, -0.2) is 4.39 Å². The van der Waals surface area contributed by atoms with Crippen molar-refractivity contribution in [2.24, 2.45) is 0 Å². The highest BCUT2D eigenvalue weighted by Crippen LogP contribution is 2.23. The van der Waals surface area contributed by atoms with Gasteiger partial charge in [0.25, 0.3) is 0 Å². The van der Waals surface area contributed by atoms with E-state index in [2.05, 4.69) is 16.4 Å². The summed E-state index contributed by atoms with van der Waals surface area (Å²) in [5, 5.41) is 3.19. The normalized spacial score (nSPS) is 12.4. The molecule has 1 aromatic carbocycles. The first-order valence-electron chi connectivity index (χ1n) is 5.97. The molecule has 1 heterocycles. The molecule has 0 fully saturated rings. The van der Waals surface area contributed by atoms with Gasteiger partial charge in [-0.15, -0.1) is 0 Å². The molecule has 0 aliphatic carbocycles. The lowest BCUT2D eigenvalue weighted by atomic mass is 9.99. The average molecular weight is 244 g/mol. The first-order valence-corrected chi connectivity index (χ1v) is 5.97. The number of hydrogen-bond donors (Lipinski definition) is 1. The number of aryl methyl sites for hydroxylation is 2. The summed E-state index contributed by atoms with van der Waals surface area (Å²) >= 11 is 0. The zero-order valence-electron chi connectivity index (χ0n) is 10.9. The molecule has 0 bridgehead atoms. The van der Waals surface area contributed by atoms with Crippen LogP contribution in [-0.4, -0.2) is 12.0 Å². The average Bonchev–Trinajstić information content (AvgIpc) is 2.33. The molecule has 0 aliphatic heterocycles. The molecular formula is C15H17FN2. The van der Waals surface area contributed by atoms with Crippen LogP contribution in [0.5, 0.6) is 0 Å². The summed E-state index contributed by atoms with van der Waals surface area (Å²) in [4.78, 5) is 4.47. The maximum Gasteiger partial charge on any atom is 0.123 e. The third-order valence-electron chi connectivity index (χ3n) is 3.00. The molecule has 3 heteroatoms. The van der Waals surface area contributed by atoms with E-state index in [0.717, 1.165) is 22.4 Å². The number of rotatable bonds is 3. The van der Waals surface area contributed by atoms with Crippen molar-refractivity contribution < 1.29 is 4.39 Å². The molecule has 1 unspecified atom stereocenters. The maximum atomic E-state index is 13.3. The minimum atomic E-state index is -0.225. The van der Waals surface area contributed by atoms with Gasteiger partial charge in [0.15, 0.2) is 0 Å². The van der Waals surface area contributed by atoms with Crippen molar-refractivity contribution in [3.05, 3.63) is 64.7 Å². The molecular weight excluding hydrogens is 227 g/mol. The van der Waals surface area contributed by atoms with Crippen LogP contribution in [0, 0.1) is 19.7 Å². The molecule has 1 aromatic heterocycles. The highest BCUT2D eigenvalue weighted by molar-refractivity contribution is 5.33. The number of nitrogens with zero attached hydrogens (tertiary/aromatic N) is 1. The topological polar surface area (TPSA) is 24.9 Å². The van der Waals surface area contributed by atoms with E-state index in [9.17, 15) is 4.39 Å². The Labute approximate surface area is 107 Å². The number of benzene rings is 1. The van der Waals surface area contributed by atoms with Gasteiger partial charge < -0.3 is 5.32 Å². The predicted octanol–water partition coefficient (Wildman–Crippen LogP) is 3.15. The predicted molar refractivity (Wildman–Crippen MR) is 71.0 cm³/mol. The van der Waals surface area contributed by atoms with Crippen molar-refractivity contribution in [3.8, 4) is 0 Å². The molecule has 1 atom stereocenters. The summed E-state index contributed by atoms with van der Waals surface area (Å²) in [5.41, 5.74) is 4.06. The fourth-order valence-electron chi connectivity index (χ4n) is 2.18. The minimum absolute atomic E-state index is 0.0821. The van der Waals surface area contributed by atoms with Gasteiger partial charge in [-0.05, 0) is 49.7 Å². The quantitative estimate of drug-likeness (QED) is 0.897. The minimum Gasteiger partial charge on any atom is -0.308 e. The van der Waals surface area contributed by atoms with Gasteiger partial charge in [0, 0.05) is 6.20 Å². The van der Waals surface area contributed by atoms with E-state index < -0.39 is 0 Å². The molecule has 2 nitrogen and oxygen atoms in total. The largest absolute Gasteiger partial charge is 0.308 e. The van der Waals surface area contributed by atoms with Crippen LogP contribution < -0.4 is 5.32 Å². The lowest BCUT2D eigenvalue weighted by Crippen LogP contribution is -2.20. The molecule has 0 radical (unpaired) electrons. The Balaban J connectivity index is 2.45. The van der Waals surface area contributed by atoms with Crippen molar-refractivity contribution in [2.75, 3.05) is 7.05 Å². The second-order valence-electron chi connectivity index (χ2n) is 4.49. The third kappa shape index (κ3) is 2.57. The summed E-state index contributed by atoms with van der Waals surface area (Å²) in [6, 6.07) is 8.63. The zero-order valence-corrected chi connectivity index (χ0v) is 10.9. The van der Waals surface area contributed by atoms with Crippen LogP contribution in [0.4, 0.5) is 4.39 Å². The van der Waals surface area contributed by atoms with E-state index in [1.807, 2.05) is 33.2 Å². The number of pyridine rings is 1. The molecule has 1 N–H and O–H groups in total. The standard InChI is InChI=1S/C15H17FN2/c1-10-7-11(2)14(18-9-10)15(17-3)12-5-4-6-13(16)8-12/h4-9,15,17H,1-3H3. The summed E-state index contributed by atoms with van der Waals surface area (Å²) in [6.45, 7) is 4.04. The van der Waals surface area contributed by atoms with E-state index >= 15 is 0 Å². The zero-order chi connectivity index (χ0) is 13.1. The molecule has 18 heavy (non-hydrogen) atoms. The Morgan fingerprint density at radius 3 is 2.61 bits per heavy atom. The smallest absolute Gasteiger partial charge is 0.123 e. The molecule has 94 valence electrons. The van der Waals surface area contributed by atoms with Crippen LogP contribution in [0.2, 0.25) is 0 Å². The van der Waals surface area contributed by atoms with Gasteiger partial charge in [0.1, 0.15) is 5.82 Å². The van der Waals surface area contributed by atoms with Crippen LogP contribution >= 0.6 is 0 Å². The van der Waals surface area contributed by atoms with Gasteiger partial charge in [-0.1, -0.05) is 18.2 Å². The number of aromatic nitrogens is 1. The van der Waals surface area contributed by atoms with Crippen molar-refractivity contribution in [1.29, 1.82) is 0 Å². The molecule has 0 aliphatic rings. The Morgan fingerprint density at radius 1 is 1.22 bits per heavy atom. The van der Waals surface area contributed by atoms with Gasteiger partial charge in [-0.2, -0.15) is 0 Å². The fraction of sp³-hybridized carbons (Fsp3) is 0.267. The summed E-state index contributed by atoms with van der Waals surface area (Å²) in [7, 11) is 1.86. The highest BCUT2D eigenvalue weighted by Gasteiger charge is 2.16. The lowest BCUT2D eigenvalue weighted by Gasteiger charge is -2.18. The second kappa shape index (κ2) is 5.27. The summed E-state index contributed by atoms with van der Waals surface area (Å²) in [5.74, 6) is -0.225. The van der Waals surface area contributed by atoms with Crippen LogP contribution in [-0.2, 0) is 0 Å². The molecule has 0 spiro atoms. The van der Waals surface area contributed by atoms with Gasteiger partial charge in [-0.3, -0.25) is 4.98 Å². The van der Waals surface area contributed by atoms with E-state index in [-0.39, 0.29) is 11.9 Å². The molecule has 0 saturated carbocycles.